The van der Waals surface area contributed by atoms with Crippen LogP contribution in [-0.2, 0) is 0 Å². The quantitative estimate of drug-likeness (QED) is 0.868. The van der Waals surface area contributed by atoms with Crippen LogP contribution in [0.5, 0.6) is 0 Å². The van der Waals surface area contributed by atoms with Gasteiger partial charge >= 0.3 is 0 Å². The molecule has 0 saturated heterocycles. The van der Waals surface area contributed by atoms with Crippen molar-refractivity contribution in [1.82, 2.24) is 10.3 Å². The van der Waals surface area contributed by atoms with E-state index in [4.69, 9.17) is 0 Å². The van der Waals surface area contributed by atoms with Crippen LogP contribution >= 0.6 is 11.3 Å². The third kappa shape index (κ3) is 3.55. The van der Waals surface area contributed by atoms with Gasteiger partial charge in [0.1, 0.15) is 5.82 Å². The highest BCUT2D eigenvalue weighted by Crippen LogP contribution is 2.28. The van der Waals surface area contributed by atoms with E-state index in [9.17, 15) is 4.39 Å². The number of benzene rings is 1. The van der Waals surface area contributed by atoms with Gasteiger partial charge in [0.2, 0.25) is 0 Å². The lowest BCUT2D eigenvalue weighted by Gasteiger charge is -2.16. The molecule has 0 amide bonds. The minimum absolute atomic E-state index is 0.223. The zero-order chi connectivity index (χ0) is 14.5. The van der Waals surface area contributed by atoms with Crippen LogP contribution in [0.1, 0.15) is 32.0 Å². The molecule has 1 aromatic carbocycles. The summed E-state index contributed by atoms with van der Waals surface area (Å²) in [6, 6.07) is 6.70. The Kier molecular flexibility index (Phi) is 5.09. The molecule has 20 heavy (non-hydrogen) atoms. The first-order valence-electron chi connectivity index (χ1n) is 6.80. The van der Waals surface area contributed by atoms with Crippen LogP contribution in [0.4, 0.5) is 15.2 Å². The third-order valence-corrected chi connectivity index (χ3v) is 4.09. The molecule has 1 N–H and O–H groups in total. The molecule has 1 aromatic heterocycles. The number of halogens is 1. The summed E-state index contributed by atoms with van der Waals surface area (Å²) in [4.78, 5) is 6.62. The zero-order valence-corrected chi connectivity index (χ0v) is 12.9. The molecule has 2 rings (SSSR count). The number of aromatic nitrogens is 1. The third-order valence-electron chi connectivity index (χ3n) is 3.15. The Morgan fingerprint density at radius 1 is 1.35 bits per heavy atom. The van der Waals surface area contributed by atoms with E-state index in [0.29, 0.717) is 0 Å². The smallest absolute Gasteiger partial charge is 0.189 e. The van der Waals surface area contributed by atoms with Crippen molar-refractivity contribution in [2.24, 2.45) is 0 Å². The standard InChI is InChI=1S/C15H20FN3S/c1-4-9-17-11(2)14-10-20-15(18-14)19(3)13-7-5-12(16)6-8-13/h5-8,10-11,17H,4,9H2,1-3H3. The van der Waals surface area contributed by atoms with E-state index in [2.05, 4.69) is 29.5 Å². The molecule has 1 heterocycles. The molecule has 1 unspecified atom stereocenters. The SMILES string of the molecule is CCCNC(C)c1csc(N(C)c2ccc(F)cc2)n1. The Morgan fingerprint density at radius 2 is 2.05 bits per heavy atom. The summed E-state index contributed by atoms with van der Waals surface area (Å²) in [7, 11) is 1.94. The lowest BCUT2D eigenvalue weighted by molar-refractivity contribution is 0.561. The number of hydrogen-bond donors (Lipinski definition) is 1. The lowest BCUT2D eigenvalue weighted by Crippen LogP contribution is -2.19. The van der Waals surface area contributed by atoms with Crippen LogP contribution in [0.25, 0.3) is 0 Å². The lowest BCUT2D eigenvalue weighted by atomic mass is 10.2. The van der Waals surface area contributed by atoms with Gasteiger partial charge in [-0.2, -0.15) is 0 Å². The highest BCUT2D eigenvalue weighted by Gasteiger charge is 2.12. The second-order valence-corrected chi connectivity index (χ2v) is 5.60. The first-order chi connectivity index (χ1) is 9.61. The summed E-state index contributed by atoms with van der Waals surface area (Å²) in [5, 5.41) is 6.41. The second-order valence-electron chi connectivity index (χ2n) is 4.77. The van der Waals surface area contributed by atoms with Crippen LogP contribution in [-0.4, -0.2) is 18.6 Å². The Hall–Kier alpha value is -1.46. The summed E-state index contributed by atoms with van der Waals surface area (Å²) in [5.74, 6) is -0.223. The fourth-order valence-corrected chi connectivity index (χ4v) is 2.77. The van der Waals surface area contributed by atoms with Crippen molar-refractivity contribution < 1.29 is 4.39 Å². The molecule has 0 fully saturated rings. The molecular weight excluding hydrogens is 273 g/mol. The summed E-state index contributed by atoms with van der Waals surface area (Å²) in [5.41, 5.74) is 1.98. The predicted molar refractivity (Wildman–Crippen MR) is 83.3 cm³/mol. The molecule has 0 aliphatic rings. The maximum Gasteiger partial charge on any atom is 0.189 e. The first-order valence-corrected chi connectivity index (χ1v) is 7.68. The van der Waals surface area contributed by atoms with E-state index in [-0.39, 0.29) is 11.9 Å². The van der Waals surface area contributed by atoms with E-state index in [1.807, 2.05) is 11.9 Å². The van der Waals surface area contributed by atoms with Crippen LogP contribution in [0.3, 0.4) is 0 Å². The normalized spacial score (nSPS) is 12.4. The van der Waals surface area contributed by atoms with E-state index in [1.165, 1.54) is 12.1 Å². The number of rotatable bonds is 6. The Morgan fingerprint density at radius 3 is 2.70 bits per heavy atom. The second kappa shape index (κ2) is 6.81. The molecule has 0 spiro atoms. The van der Waals surface area contributed by atoms with Gasteiger partial charge in [0, 0.05) is 24.2 Å². The number of nitrogens with zero attached hydrogens (tertiary/aromatic N) is 2. The average molecular weight is 293 g/mol. The van der Waals surface area contributed by atoms with Crippen molar-refractivity contribution in [1.29, 1.82) is 0 Å². The molecule has 0 aliphatic carbocycles. The van der Waals surface area contributed by atoms with E-state index in [1.54, 1.807) is 23.5 Å². The van der Waals surface area contributed by atoms with Gasteiger partial charge in [-0.25, -0.2) is 9.37 Å². The Bertz CT molecular complexity index is 538. The largest absolute Gasteiger partial charge is 0.321 e. The molecule has 0 aliphatic heterocycles. The number of anilines is 2. The average Bonchev–Trinajstić information content (AvgIpc) is 2.94. The molecule has 0 bridgehead atoms. The number of nitrogens with one attached hydrogen (secondary N) is 1. The molecular formula is C15H20FN3S. The summed E-state index contributed by atoms with van der Waals surface area (Å²) < 4.78 is 12.9. The fourth-order valence-electron chi connectivity index (χ4n) is 1.87. The molecule has 2 aromatic rings. The first kappa shape index (κ1) is 14.9. The van der Waals surface area contributed by atoms with Crippen molar-refractivity contribution in [3.8, 4) is 0 Å². The highest BCUT2D eigenvalue weighted by molar-refractivity contribution is 7.13. The van der Waals surface area contributed by atoms with Crippen molar-refractivity contribution in [2.75, 3.05) is 18.5 Å². The minimum atomic E-state index is -0.223. The highest BCUT2D eigenvalue weighted by atomic mass is 32.1. The molecule has 5 heteroatoms. The summed E-state index contributed by atoms with van der Waals surface area (Å²) >= 11 is 1.60. The van der Waals surface area contributed by atoms with Gasteiger partial charge in [-0.1, -0.05) is 6.92 Å². The van der Waals surface area contributed by atoms with E-state index < -0.39 is 0 Å². The minimum Gasteiger partial charge on any atom is -0.321 e. The van der Waals surface area contributed by atoms with Gasteiger partial charge in [0.25, 0.3) is 0 Å². The van der Waals surface area contributed by atoms with Gasteiger partial charge in [-0.05, 0) is 44.2 Å². The number of hydrogen-bond acceptors (Lipinski definition) is 4. The predicted octanol–water partition coefficient (Wildman–Crippen LogP) is 4.11. The van der Waals surface area contributed by atoms with E-state index >= 15 is 0 Å². The monoisotopic (exact) mass is 293 g/mol. The van der Waals surface area contributed by atoms with E-state index in [0.717, 1.165) is 29.5 Å². The van der Waals surface area contributed by atoms with Crippen LogP contribution in [0, 0.1) is 5.82 Å². The van der Waals surface area contributed by atoms with Gasteiger partial charge < -0.3 is 10.2 Å². The van der Waals surface area contributed by atoms with Crippen molar-refractivity contribution >= 4 is 22.2 Å². The van der Waals surface area contributed by atoms with Crippen LogP contribution in [0.2, 0.25) is 0 Å². The molecule has 3 nitrogen and oxygen atoms in total. The summed E-state index contributed by atoms with van der Waals surface area (Å²) in [6.07, 6.45) is 1.11. The fraction of sp³-hybridized carbons (Fsp3) is 0.400. The summed E-state index contributed by atoms with van der Waals surface area (Å²) in [6.45, 7) is 5.25. The van der Waals surface area contributed by atoms with Gasteiger partial charge in [-0.15, -0.1) is 11.3 Å². The molecule has 0 saturated carbocycles. The zero-order valence-electron chi connectivity index (χ0n) is 12.1. The van der Waals surface area contributed by atoms with Crippen molar-refractivity contribution in [2.45, 2.75) is 26.3 Å². The van der Waals surface area contributed by atoms with Gasteiger partial charge in [-0.3, -0.25) is 0 Å². The van der Waals surface area contributed by atoms with Crippen LogP contribution in [0.15, 0.2) is 29.6 Å². The van der Waals surface area contributed by atoms with Gasteiger partial charge in [0.15, 0.2) is 5.13 Å². The van der Waals surface area contributed by atoms with Crippen LogP contribution < -0.4 is 10.2 Å². The maximum absolute atomic E-state index is 12.9. The van der Waals surface area contributed by atoms with Crippen molar-refractivity contribution in [3.05, 3.63) is 41.2 Å². The van der Waals surface area contributed by atoms with Gasteiger partial charge in [0.05, 0.1) is 5.69 Å². The van der Waals surface area contributed by atoms with Crippen molar-refractivity contribution in [3.63, 3.8) is 0 Å². The topological polar surface area (TPSA) is 28.2 Å². The molecule has 0 radical (unpaired) electrons. The Labute approximate surface area is 123 Å². The molecule has 108 valence electrons. The number of thiazole rings is 1. The Balaban J connectivity index is 2.09. The molecule has 1 atom stereocenters. The maximum atomic E-state index is 12.9.